The lowest BCUT2D eigenvalue weighted by atomic mass is 9.93. The lowest BCUT2D eigenvalue weighted by Gasteiger charge is -2.39. The van der Waals surface area contributed by atoms with Gasteiger partial charge in [-0.25, -0.2) is 4.98 Å². The summed E-state index contributed by atoms with van der Waals surface area (Å²) in [6, 6.07) is 0.406. The van der Waals surface area contributed by atoms with Crippen LogP contribution >= 0.6 is 24.0 Å². The third kappa shape index (κ3) is 6.23. The Hall–Kier alpha value is -0.640. The number of piperidine rings is 1. The Morgan fingerprint density at radius 1 is 1.44 bits per heavy atom. The highest BCUT2D eigenvalue weighted by molar-refractivity contribution is 14.0. The second-order valence-electron chi connectivity index (χ2n) is 7.43. The minimum absolute atomic E-state index is 0. The van der Waals surface area contributed by atoms with Gasteiger partial charge in [0.25, 0.3) is 0 Å². The molecule has 0 aromatic carbocycles. The molecule has 144 valence electrons. The van der Waals surface area contributed by atoms with Crippen LogP contribution in [-0.4, -0.2) is 61.8 Å². The van der Waals surface area contributed by atoms with E-state index in [1.54, 1.807) is 0 Å². The number of hydrogen-bond acceptors (Lipinski definition) is 3. The van der Waals surface area contributed by atoms with Gasteiger partial charge in [0.05, 0.1) is 12.4 Å². The Labute approximate surface area is 171 Å². The van der Waals surface area contributed by atoms with E-state index in [2.05, 4.69) is 31.7 Å². The molecular weight excluding hydrogens is 449 g/mol. The number of likely N-dealkylation sites (tertiary alicyclic amines) is 1. The van der Waals surface area contributed by atoms with Crippen LogP contribution < -0.4 is 5.32 Å². The molecule has 3 atom stereocenters. The van der Waals surface area contributed by atoms with E-state index in [0.29, 0.717) is 24.3 Å². The van der Waals surface area contributed by atoms with Crippen LogP contribution in [0.5, 0.6) is 0 Å². The Bertz CT molecular complexity index is 570. The summed E-state index contributed by atoms with van der Waals surface area (Å²) in [4.78, 5) is 10.9. The first-order valence-corrected chi connectivity index (χ1v) is 9.96. The Kier molecular flexibility index (Phi) is 8.86. The van der Waals surface area contributed by atoms with Crippen LogP contribution in [0.1, 0.15) is 40.2 Å². The minimum atomic E-state index is -0.846. The molecule has 0 amide bonds. The van der Waals surface area contributed by atoms with Crippen molar-refractivity contribution < 1.29 is 4.21 Å². The lowest BCUT2D eigenvalue weighted by molar-refractivity contribution is 0.189. The summed E-state index contributed by atoms with van der Waals surface area (Å²) in [7, 11) is 0.967. The zero-order chi connectivity index (χ0) is 17.7. The molecule has 25 heavy (non-hydrogen) atoms. The van der Waals surface area contributed by atoms with Crippen LogP contribution in [0.2, 0.25) is 0 Å². The fourth-order valence-corrected chi connectivity index (χ4v) is 3.89. The zero-order valence-corrected chi connectivity index (χ0v) is 19.1. The van der Waals surface area contributed by atoms with E-state index < -0.39 is 10.8 Å². The molecule has 6 nitrogen and oxygen atoms in total. The highest BCUT2D eigenvalue weighted by Crippen LogP contribution is 2.27. The number of guanidine groups is 1. The first-order valence-electron chi connectivity index (χ1n) is 8.64. The summed E-state index contributed by atoms with van der Waals surface area (Å²) in [5.41, 5.74) is 0. The van der Waals surface area contributed by atoms with E-state index in [-0.39, 0.29) is 28.7 Å². The molecule has 1 aromatic rings. The molecule has 3 unspecified atom stereocenters. The van der Waals surface area contributed by atoms with Gasteiger partial charge >= 0.3 is 0 Å². The highest BCUT2D eigenvalue weighted by atomic mass is 127. The predicted molar refractivity (Wildman–Crippen MR) is 116 cm³/mol. The molecule has 0 spiro atoms. The van der Waals surface area contributed by atoms with Gasteiger partial charge in [-0.3, -0.25) is 9.20 Å². The van der Waals surface area contributed by atoms with Crippen molar-refractivity contribution in [1.29, 1.82) is 0 Å². The van der Waals surface area contributed by atoms with Gasteiger partial charge in [-0.05, 0) is 33.1 Å². The summed E-state index contributed by atoms with van der Waals surface area (Å²) in [5.74, 6) is 2.15. The molecule has 1 saturated heterocycles. The Morgan fingerprint density at radius 3 is 2.72 bits per heavy atom. The highest BCUT2D eigenvalue weighted by Gasteiger charge is 2.29. The quantitative estimate of drug-likeness (QED) is 0.408. The third-order valence-electron chi connectivity index (χ3n) is 4.59. The number of rotatable bonds is 4. The van der Waals surface area contributed by atoms with Crippen molar-refractivity contribution >= 4 is 40.7 Å². The summed E-state index contributed by atoms with van der Waals surface area (Å²) in [5, 5.41) is 3.38. The summed E-state index contributed by atoms with van der Waals surface area (Å²) in [6.07, 6.45) is 6.89. The van der Waals surface area contributed by atoms with Crippen molar-refractivity contribution in [2.75, 3.05) is 32.4 Å². The molecule has 0 radical (unpaired) electrons. The monoisotopic (exact) mass is 481 g/mol. The largest absolute Gasteiger partial charge is 0.355 e. The maximum atomic E-state index is 12.2. The average molecular weight is 481 g/mol. The molecule has 1 aliphatic rings. The van der Waals surface area contributed by atoms with Crippen molar-refractivity contribution in [3.05, 3.63) is 18.7 Å². The number of nitrogens with one attached hydrogen (secondary N) is 1. The number of halogens is 1. The predicted octanol–water partition coefficient (Wildman–Crippen LogP) is 2.51. The average Bonchev–Trinajstić information content (AvgIpc) is 3.05. The molecule has 0 aliphatic carbocycles. The number of aromatic nitrogens is 2. The van der Waals surface area contributed by atoms with Gasteiger partial charge in [0.2, 0.25) is 0 Å². The Morgan fingerprint density at radius 2 is 2.16 bits per heavy atom. The van der Waals surface area contributed by atoms with Crippen LogP contribution in [0, 0.1) is 5.92 Å². The summed E-state index contributed by atoms with van der Waals surface area (Å²) in [6.45, 7) is 10.9. The van der Waals surface area contributed by atoms with Crippen LogP contribution in [0.3, 0.4) is 0 Å². The third-order valence-corrected chi connectivity index (χ3v) is 6.53. The van der Waals surface area contributed by atoms with Gasteiger partial charge in [-0.1, -0.05) is 6.92 Å². The van der Waals surface area contributed by atoms with Crippen molar-refractivity contribution in [2.24, 2.45) is 10.9 Å². The van der Waals surface area contributed by atoms with E-state index in [4.69, 9.17) is 0 Å². The minimum Gasteiger partial charge on any atom is -0.355 e. The molecule has 1 N–H and O–H groups in total. The van der Waals surface area contributed by atoms with Crippen LogP contribution in [0.4, 0.5) is 0 Å². The fourth-order valence-electron chi connectivity index (χ4n) is 2.99. The Balaban J connectivity index is 0.00000312. The number of imidazole rings is 1. The molecule has 1 aliphatic heterocycles. The molecule has 1 aromatic heterocycles. The number of aliphatic imine (C=N–C) groups is 1. The van der Waals surface area contributed by atoms with Gasteiger partial charge in [0, 0.05) is 60.4 Å². The van der Waals surface area contributed by atoms with Crippen LogP contribution in [0.25, 0.3) is 0 Å². The van der Waals surface area contributed by atoms with E-state index in [9.17, 15) is 4.21 Å². The second kappa shape index (κ2) is 9.89. The fraction of sp³-hybridized carbons (Fsp3) is 0.765. The molecule has 0 bridgehead atoms. The first-order chi connectivity index (χ1) is 11.3. The molecule has 2 heterocycles. The SMILES string of the molecule is CN=C(NCCS(=O)C(C)(C)C)N1CCC(C)C(n2ccnc2)C1.I. The van der Waals surface area contributed by atoms with Gasteiger partial charge in [0.1, 0.15) is 0 Å². The van der Waals surface area contributed by atoms with E-state index in [0.717, 1.165) is 25.5 Å². The van der Waals surface area contributed by atoms with E-state index in [1.165, 1.54) is 0 Å². The molecule has 8 heteroatoms. The maximum Gasteiger partial charge on any atom is 0.193 e. The van der Waals surface area contributed by atoms with Crippen molar-refractivity contribution in [3.63, 3.8) is 0 Å². The maximum absolute atomic E-state index is 12.2. The molecule has 1 fully saturated rings. The van der Waals surface area contributed by atoms with Crippen LogP contribution in [-0.2, 0) is 10.8 Å². The molecular formula is C17H32IN5OS. The zero-order valence-electron chi connectivity index (χ0n) is 15.9. The van der Waals surface area contributed by atoms with Gasteiger partial charge in [-0.15, -0.1) is 24.0 Å². The van der Waals surface area contributed by atoms with Gasteiger partial charge in [0.15, 0.2) is 5.96 Å². The summed E-state index contributed by atoms with van der Waals surface area (Å²) >= 11 is 0. The summed E-state index contributed by atoms with van der Waals surface area (Å²) < 4.78 is 14.2. The van der Waals surface area contributed by atoms with Crippen molar-refractivity contribution in [2.45, 2.75) is 44.9 Å². The topological polar surface area (TPSA) is 62.5 Å². The smallest absolute Gasteiger partial charge is 0.193 e. The first kappa shape index (κ1) is 22.4. The lowest BCUT2D eigenvalue weighted by Crippen LogP contribution is -2.49. The molecule has 0 saturated carbocycles. The van der Waals surface area contributed by atoms with Crippen molar-refractivity contribution in [3.8, 4) is 0 Å². The standard InChI is InChI=1S/C17H31N5OS.HI/c1-14-6-9-21(12-15(14)22-10-7-19-13-22)16(18-5)20-8-11-24(23)17(2,3)4;/h7,10,13-15H,6,8-9,11-12H2,1-5H3,(H,18,20);1H. The van der Waals surface area contributed by atoms with Crippen molar-refractivity contribution in [1.82, 2.24) is 19.8 Å². The van der Waals surface area contributed by atoms with E-state index >= 15 is 0 Å². The van der Waals surface area contributed by atoms with Gasteiger partial charge < -0.3 is 14.8 Å². The van der Waals surface area contributed by atoms with Crippen LogP contribution in [0.15, 0.2) is 23.7 Å². The second-order valence-corrected chi connectivity index (χ2v) is 9.75. The van der Waals surface area contributed by atoms with Gasteiger partial charge in [-0.2, -0.15) is 0 Å². The molecule has 2 rings (SSSR count). The van der Waals surface area contributed by atoms with E-state index in [1.807, 2.05) is 46.5 Å². The normalized spacial score (nSPS) is 23.1. The number of nitrogens with zero attached hydrogens (tertiary/aromatic N) is 4. The number of hydrogen-bond donors (Lipinski definition) is 1.